The number of carbonyl (C=O) groups is 2. The van der Waals surface area contributed by atoms with E-state index in [4.69, 9.17) is 9.26 Å². The number of pyridine rings is 1. The van der Waals surface area contributed by atoms with Crippen molar-refractivity contribution in [3.05, 3.63) is 101 Å². The molecule has 5 aromatic rings. The van der Waals surface area contributed by atoms with Gasteiger partial charge in [0.25, 0.3) is 11.6 Å². The van der Waals surface area contributed by atoms with Crippen LogP contribution in [-0.2, 0) is 9.53 Å². The lowest BCUT2D eigenvalue weighted by Crippen LogP contribution is -2.26. The minimum absolute atomic E-state index is 0.236. The largest absolute Gasteiger partial charge is 0.444 e. The molecule has 0 aliphatic rings. The van der Waals surface area contributed by atoms with Crippen molar-refractivity contribution in [2.24, 2.45) is 0 Å². The van der Waals surface area contributed by atoms with Gasteiger partial charge in [0.2, 0.25) is 6.10 Å². The topological polar surface area (TPSA) is 94.3 Å². The van der Waals surface area contributed by atoms with E-state index < -0.39 is 18.0 Å². The van der Waals surface area contributed by atoms with Crippen LogP contribution in [0.1, 0.15) is 27.7 Å². The number of aryl methyl sites for hydroxylation is 1. The van der Waals surface area contributed by atoms with Crippen molar-refractivity contribution in [3.63, 3.8) is 0 Å². The molecule has 0 radical (unpaired) electrons. The Kier molecular flexibility index (Phi) is 5.88. The number of fused-ring (bicyclic) bond motifs is 1. The third-order valence-electron chi connectivity index (χ3n) is 5.22. The molecule has 0 aliphatic heterocycles. The number of para-hydroxylation sites is 1. The van der Waals surface area contributed by atoms with Gasteiger partial charge in [-0.25, -0.2) is 9.78 Å². The summed E-state index contributed by atoms with van der Waals surface area (Å²) < 4.78 is 11.2. The Labute approximate surface area is 199 Å². The van der Waals surface area contributed by atoms with Crippen LogP contribution in [0.3, 0.4) is 0 Å². The summed E-state index contributed by atoms with van der Waals surface area (Å²) in [4.78, 5) is 32.0. The fourth-order valence-electron chi connectivity index (χ4n) is 3.61. The SMILES string of the molecule is Cc1noc2nc(-c3cccs3)cc(C(=O)OC(C(=O)Nc3ccccc3)c3ccccc3)c12. The first-order valence-corrected chi connectivity index (χ1v) is 11.4. The van der Waals surface area contributed by atoms with Crippen LogP contribution in [0.4, 0.5) is 5.69 Å². The molecule has 34 heavy (non-hydrogen) atoms. The molecule has 3 heterocycles. The number of nitrogens with one attached hydrogen (secondary N) is 1. The summed E-state index contributed by atoms with van der Waals surface area (Å²) in [6.45, 7) is 1.73. The van der Waals surface area contributed by atoms with Gasteiger partial charge in [-0.1, -0.05) is 59.8 Å². The van der Waals surface area contributed by atoms with E-state index in [-0.39, 0.29) is 11.3 Å². The minimum atomic E-state index is -1.16. The van der Waals surface area contributed by atoms with E-state index in [9.17, 15) is 9.59 Å². The van der Waals surface area contributed by atoms with Gasteiger partial charge < -0.3 is 14.6 Å². The summed E-state index contributed by atoms with van der Waals surface area (Å²) in [6, 6.07) is 23.3. The van der Waals surface area contributed by atoms with E-state index in [2.05, 4.69) is 15.5 Å². The standard InChI is InChI=1S/C26H19N3O4S/c1-16-22-19(15-20(21-13-8-14-34-21)28-25(22)33-29-16)26(31)32-23(17-9-4-2-5-10-17)24(30)27-18-11-6-3-7-12-18/h2-15,23H,1H3,(H,27,30). The molecule has 0 fully saturated rings. The second kappa shape index (κ2) is 9.29. The number of ether oxygens (including phenoxy) is 1. The van der Waals surface area contributed by atoms with E-state index in [1.807, 2.05) is 41.8 Å². The highest BCUT2D eigenvalue weighted by molar-refractivity contribution is 7.13. The second-order valence-electron chi connectivity index (χ2n) is 7.53. The van der Waals surface area contributed by atoms with Crippen molar-refractivity contribution in [1.29, 1.82) is 0 Å². The van der Waals surface area contributed by atoms with Crippen molar-refractivity contribution < 1.29 is 18.8 Å². The maximum atomic E-state index is 13.5. The molecule has 168 valence electrons. The van der Waals surface area contributed by atoms with Crippen molar-refractivity contribution in [1.82, 2.24) is 10.1 Å². The first-order chi connectivity index (χ1) is 16.6. The normalized spacial score (nSPS) is 11.8. The van der Waals surface area contributed by atoms with Crippen molar-refractivity contribution in [2.75, 3.05) is 5.32 Å². The fraction of sp³-hybridized carbons (Fsp3) is 0.0769. The lowest BCUT2D eigenvalue weighted by molar-refractivity contribution is -0.125. The average Bonchev–Trinajstić information content (AvgIpc) is 3.53. The number of rotatable bonds is 6. The van der Waals surface area contributed by atoms with E-state index in [0.717, 1.165) is 4.88 Å². The first-order valence-electron chi connectivity index (χ1n) is 10.5. The Morgan fingerprint density at radius 3 is 2.44 bits per heavy atom. The van der Waals surface area contributed by atoms with Crippen LogP contribution < -0.4 is 5.32 Å². The molecule has 0 bridgehead atoms. The van der Waals surface area contributed by atoms with Gasteiger partial charge in [0.15, 0.2) is 0 Å². The smallest absolute Gasteiger partial charge is 0.340 e. The first kappa shape index (κ1) is 21.5. The van der Waals surface area contributed by atoms with Crippen LogP contribution in [0, 0.1) is 6.92 Å². The van der Waals surface area contributed by atoms with E-state index in [1.165, 1.54) is 11.3 Å². The summed E-state index contributed by atoms with van der Waals surface area (Å²) in [5.41, 5.74) is 2.70. The van der Waals surface area contributed by atoms with Crippen molar-refractivity contribution in [3.8, 4) is 10.6 Å². The van der Waals surface area contributed by atoms with Crippen LogP contribution in [0.5, 0.6) is 0 Å². The third kappa shape index (κ3) is 4.31. The number of aromatic nitrogens is 2. The highest BCUT2D eigenvalue weighted by Crippen LogP contribution is 2.31. The van der Waals surface area contributed by atoms with Gasteiger partial charge >= 0.3 is 5.97 Å². The number of nitrogens with zero attached hydrogens (tertiary/aromatic N) is 2. The number of hydrogen-bond acceptors (Lipinski definition) is 7. The maximum Gasteiger partial charge on any atom is 0.340 e. The lowest BCUT2D eigenvalue weighted by Gasteiger charge is -2.18. The van der Waals surface area contributed by atoms with Crippen LogP contribution in [0.25, 0.3) is 21.7 Å². The zero-order valence-electron chi connectivity index (χ0n) is 18.1. The Balaban J connectivity index is 1.52. The third-order valence-corrected chi connectivity index (χ3v) is 6.11. The zero-order chi connectivity index (χ0) is 23.5. The van der Waals surface area contributed by atoms with Gasteiger partial charge in [-0.15, -0.1) is 11.3 Å². The van der Waals surface area contributed by atoms with Crippen molar-refractivity contribution in [2.45, 2.75) is 13.0 Å². The summed E-state index contributed by atoms with van der Waals surface area (Å²) in [6.07, 6.45) is -1.16. The van der Waals surface area contributed by atoms with Gasteiger partial charge in [-0.05, 0) is 36.6 Å². The quantitative estimate of drug-likeness (QED) is 0.316. The van der Waals surface area contributed by atoms with Crippen LogP contribution in [0.2, 0.25) is 0 Å². The van der Waals surface area contributed by atoms with Gasteiger partial charge in [-0.2, -0.15) is 0 Å². The predicted octanol–water partition coefficient (Wildman–Crippen LogP) is 5.80. The van der Waals surface area contributed by atoms with Gasteiger partial charge in [-0.3, -0.25) is 4.79 Å². The molecule has 1 amide bonds. The monoisotopic (exact) mass is 469 g/mol. The van der Waals surface area contributed by atoms with Crippen LogP contribution in [-0.4, -0.2) is 22.0 Å². The van der Waals surface area contributed by atoms with E-state index in [1.54, 1.807) is 49.4 Å². The molecule has 1 N–H and O–H groups in total. The molecule has 0 saturated carbocycles. The van der Waals surface area contributed by atoms with E-state index >= 15 is 0 Å². The molecule has 5 rings (SSSR count). The predicted molar refractivity (Wildman–Crippen MR) is 130 cm³/mol. The summed E-state index contributed by atoms with van der Waals surface area (Å²) in [5.74, 6) is -1.13. The molecule has 1 unspecified atom stereocenters. The number of benzene rings is 2. The molecule has 0 spiro atoms. The van der Waals surface area contributed by atoms with Gasteiger partial charge in [0.1, 0.15) is 0 Å². The van der Waals surface area contributed by atoms with Gasteiger partial charge in [0.05, 0.1) is 27.2 Å². The maximum absolute atomic E-state index is 13.5. The highest BCUT2D eigenvalue weighted by Gasteiger charge is 2.28. The summed E-state index contributed by atoms with van der Waals surface area (Å²) in [7, 11) is 0. The number of hydrogen-bond donors (Lipinski definition) is 1. The number of anilines is 1. The summed E-state index contributed by atoms with van der Waals surface area (Å²) in [5, 5.41) is 9.16. The van der Waals surface area contributed by atoms with Crippen LogP contribution >= 0.6 is 11.3 Å². The second-order valence-corrected chi connectivity index (χ2v) is 8.48. The van der Waals surface area contributed by atoms with Crippen LogP contribution in [0.15, 0.2) is 88.8 Å². The molecule has 3 aromatic heterocycles. The van der Waals surface area contributed by atoms with E-state index in [0.29, 0.717) is 28.0 Å². The number of carbonyl (C=O) groups excluding carboxylic acids is 2. The fourth-order valence-corrected chi connectivity index (χ4v) is 4.29. The molecule has 0 saturated heterocycles. The molecule has 1 atom stereocenters. The van der Waals surface area contributed by atoms with Gasteiger partial charge in [0, 0.05) is 11.3 Å². The Morgan fingerprint density at radius 2 is 1.74 bits per heavy atom. The Morgan fingerprint density at radius 1 is 1.00 bits per heavy atom. The Bertz CT molecular complexity index is 1450. The molecule has 7 nitrogen and oxygen atoms in total. The minimum Gasteiger partial charge on any atom is -0.444 e. The Hall–Kier alpha value is -4.30. The number of thiophene rings is 1. The molecule has 8 heteroatoms. The lowest BCUT2D eigenvalue weighted by atomic mass is 10.1. The molecule has 2 aromatic carbocycles. The van der Waals surface area contributed by atoms with Crippen molar-refractivity contribution >= 4 is 40.0 Å². The highest BCUT2D eigenvalue weighted by atomic mass is 32.1. The zero-order valence-corrected chi connectivity index (χ0v) is 18.9. The number of amides is 1. The molecule has 0 aliphatic carbocycles. The molecular weight excluding hydrogens is 450 g/mol. The number of esters is 1. The molecular formula is C26H19N3O4S. The average molecular weight is 470 g/mol. The summed E-state index contributed by atoms with van der Waals surface area (Å²) >= 11 is 1.49.